The van der Waals surface area contributed by atoms with Crippen molar-refractivity contribution in [2.24, 2.45) is 0 Å². The molecule has 0 bridgehead atoms. The van der Waals surface area contributed by atoms with Gasteiger partial charge in [0.05, 0.1) is 0 Å². The summed E-state index contributed by atoms with van der Waals surface area (Å²) < 4.78 is 20.0. The first-order chi connectivity index (χ1) is 10.9. The zero-order valence-electron chi connectivity index (χ0n) is 14.0. The molecule has 0 radical (unpaired) electrons. The van der Waals surface area contributed by atoms with Crippen molar-refractivity contribution in [3.8, 4) is 0 Å². The molecule has 130 valence electrons. The van der Waals surface area contributed by atoms with E-state index in [-0.39, 0.29) is 11.1 Å². The number of hydrogen-bond donors (Lipinski definition) is 1. The van der Waals surface area contributed by atoms with E-state index in [0.29, 0.717) is 5.57 Å². The predicted octanol–water partition coefficient (Wildman–Crippen LogP) is 1.77. The highest BCUT2D eigenvalue weighted by Crippen LogP contribution is 2.27. The standard InChI is InChI=1S/C16H18O8/c1-8(6-9-11(17)21-15(2,3)22-12(9)18)7-10-13(19)23-16(4,5)24-14(10)20/h6-7,17H,1-5H3/b8-6+. The molecule has 2 aliphatic heterocycles. The van der Waals surface area contributed by atoms with Crippen molar-refractivity contribution in [2.75, 3.05) is 0 Å². The van der Waals surface area contributed by atoms with Gasteiger partial charge in [0, 0.05) is 27.7 Å². The van der Waals surface area contributed by atoms with Gasteiger partial charge in [-0.05, 0) is 24.6 Å². The lowest BCUT2D eigenvalue weighted by atomic mass is 10.1. The molecule has 0 aromatic rings. The number of carbonyl (C=O) groups is 3. The van der Waals surface area contributed by atoms with Gasteiger partial charge in [0.2, 0.25) is 0 Å². The highest BCUT2D eigenvalue weighted by atomic mass is 16.8. The van der Waals surface area contributed by atoms with Gasteiger partial charge in [-0.1, -0.05) is 0 Å². The van der Waals surface area contributed by atoms with Crippen LogP contribution in [0.1, 0.15) is 34.6 Å². The van der Waals surface area contributed by atoms with Gasteiger partial charge in [-0.3, -0.25) is 0 Å². The number of ether oxygens (including phenoxy) is 4. The fourth-order valence-electron chi connectivity index (χ4n) is 2.07. The molecule has 2 aliphatic rings. The maximum absolute atomic E-state index is 11.9. The summed E-state index contributed by atoms with van der Waals surface area (Å²) in [7, 11) is 0. The third kappa shape index (κ3) is 3.76. The Hall–Kier alpha value is -2.77. The Morgan fingerprint density at radius 3 is 1.83 bits per heavy atom. The molecule has 0 atom stereocenters. The third-order valence-corrected chi connectivity index (χ3v) is 2.99. The van der Waals surface area contributed by atoms with E-state index in [2.05, 4.69) is 0 Å². The van der Waals surface area contributed by atoms with Crippen LogP contribution in [0, 0.1) is 0 Å². The van der Waals surface area contributed by atoms with E-state index >= 15 is 0 Å². The minimum Gasteiger partial charge on any atom is -0.480 e. The minimum atomic E-state index is -1.34. The molecular weight excluding hydrogens is 320 g/mol. The molecule has 24 heavy (non-hydrogen) atoms. The molecule has 1 N–H and O–H groups in total. The second-order valence-electron chi connectivity index (χ2n) is 6.24. The van der Waals surface area contributed by atoms with Crippen molar-refractivity contribution >= 4 is 17.9 Å². The Labute approximate surface area is 138 Å². The fraction of sp³-hybridized carbons (Fsp3) is 0.438. The Balaban J connectivity index is 2.30. The third-order valence-electron chi connectivity index (χ3n) is 2.99. The lowest BCUT2D eigenvalue weighted by Crippen LogP contribution is -2.41. The largest absolute Gasteiger partial charge is 0.480 e. The van der Waals surface area contributed by atoms with Gasteiger partial charge >= 0.3 is 17.9 Å². The Kier molecular flexibility index (Phi) is 4.18. The van der Waals surface area contributed by atoms with Crippen LogP contribution in [0.3, 0.4) is 0 Å². The first kappa shape index (κ1) is 17.6. The summed E-state index contributed by atoms with van der Waals surface area (Å²) in [5.74, 6) is -5.71. The molecule has 2 rings (SSSR count). The van der Waals surface area contributed by atoms with Crippen LogP contribution in [0.25, 0.3) is 0 Å². The minimum absolute atomic E-state index is 0.235. The highest BCUT2D eigenvalue weighted by molar-refractivity contribution is 6.15. The van der Waals surface area contributed by atoms with Crippen LogP contribution in [0.15, 0.2) is 34.8 Å². The van der Waals surface area contributed by atoms with Crippen molar-refractivity contribution in [1.29, 1.82) is 0 Å². The summed E-state index contributed by atoms with van der Waals surface area (Å²) in [6.07, 6.45) is 2.41. The maximum atomic E-state index is 11.9. The summed E-state index contributed by atoms with van der Waals surface area (Å²) in [4.78, 5) is 35.6. The number of allylic oxidation sites excluding steroid dienone is 2. The summed E-state index contributed by atoms with van der Waals surface area (Å²) in [5, 5.41) is 9.81. The van der Waals surface area contributed by atoms with E-state index in [1.807, 2.05) is 0 Å². The van der Waals surface area contributed by atoms with Crippen LogP contribution in [0.5, 0.6) is 0 Å². The molecule has 8 nitrogen and oxygen atoms in total. The van der Waals surface area contributed by atoms with Crippen LogP contribution in [-0.2, 0) is 33.3 Å². The summed E-state index contributed by atoms with van der Waals surface area (Å²) in [6.45, 7) is 7.31. The van der Waals surface area contributed by atoms with E-state index in [1.165, 1.54) is 46.8 Å². The zero-order valence-corrected chi connectivity index (χ0v) is 14.0. The fourth-order valence-corrected chi connectivity index (χ4v) is 2.07. The molecule has 1 fully saturated rings. The maximum Gasteiger partial charge on any atom is 0.348 e. The van der Waals surface area contributed by atoms with Crippen LogP contribution >= 0.6 is 0 Å². The molecule has 0 aromatic carbocycles. The highest BCUT2D eigenvalue weighted by Gasteiger charge is 2.39. The van der Waals surface area contributed by atoms with E-state index in [9.17, 15) is 19.5 Å². The molecule has 0 saturated carbocycles. The smallest absolute Gasteiger partial charge is 0.348 e. The van der Waals surface area contributed by atoms with Gasteiger partial charge in [0.1, 0.15) is 11.1 Å². The number of esters is 3. The molecule has 0 spiro atoms. The molecule has 0 aromatic heterocycles. The summed E-state index contributed by atoms with van der Waals surface area (Å²) >= 11 is 0. The first-order valence-electron chi connectivity index (χ1n) is 7.12. The van der Waals surface area contributed by atoms with Crippen LogP contribution in [-0.4, -0.2) is 34.6 Å². The van der Waals surface area contributed by atoms with Crippen LogP contribution in [0.4, 0.5) is 0 Å². The Morgan fingerprint density at radius 1 is 0.875 bits per heavy atom. The molecule has 0 aliphatic carbocycles. The summed E-state index contributed by atoms with van der Waals surface area (Å²) in [6, 6.07) is 0. The number of hydrogen-bond acceptors (Lipinski definition) is 8. The number of rotatable bonds is 2. The zero-order chi connectivity index (χ0) is 18.3. The lowest BCUT2D eigenvalue weighted by molar-refractivity contribution is -0.223. The Bertz CT molecular complexity index is 684. The van der Waals surface area contributed by atoms with Crippen molar-refractivity contribution < 1.29 is 38.4 Å². The van der Waals surface area contributed by atoms with E-state index in [4.69, 9.17) is 18.9 Å². The number of aliphatic hydroxyl groups is 1. The molecule has 8 heteroatoms. The molecule has 0 amide bonds. The average molecular weight is 338 g/mol. The average Bonchev–Trinajstić information content (AvgIpc) is 2.36. The second-order valence-corrected chi connectivity index (χ2v) is 6.24. The van der Waals surface area contributed by atoms with E-state index in [0.717, 1.165) is 0 Å². The van der Waals surface area contributed by atoms with Crippen LogP contribution in [0.2, 0.25) is 0 Å². The van der Waals surface area contributed by atoms with Gasteiger partial charge in [-0.25, -0.2) is 14.4 Å². The van der Waals surface area contributed by atoms with Crippen molar-refractivity contribution in [3.05, 3.63) is 34.8 Å². The van der Waals surface area contributed by atoms with Gasteiger partial charge in [0.15, 0.2) is 0 Å². The molecular formula is C16H18O8. The predicted molar refractivity (Wildman–Crippen MR) is 79.0 cm³/mol. The van der Waals surface area contributed by atoms with Gasteiger partial charge < -0.3 is 24.1 Å². The monoisotopic (exact) mass is 338 g/mol. The van der Waals surface area contributed by atoms with Crippen molar-refractivity contribution in [1.82, 2.24) is 0 Å². The summed E-state index contributed by atoms with van der Waals surface area (Å²) in [5.41, 5.74) is -0.254. The van der Waals surface area contributed by atoms with Crippen molar-refractivity contribution in [2.45, 2.75) is 46.2 Å². The quantitative estimate of drug-likeness (QED) is 0.461. The number of carbonyl (C=O) groups excluding carboxylic acids is 3. The normalized spacial score (nSPS) is 23.1. The van der Waals surface area contributed by atoms with Crippen molar-refractivity contribution in [3.63, 3.8) is 0 Å². The van der Waals surface area contributed by atoms with Gasteiger partial charge in [-0.2, -0.15) is 0 Å². The SMILES string of the molecule is C/C(C=C1C(=O)OC(C)(C)OC1=O)=C\C1=C(O)OC(C)(C)OC1=O. The van der Waals surface area contributed by atoms with Gasteiger partial charge in [0.25, 0.3) is 17.5 Å². The van der Waals surface area contributed by atoms with Gasteiger partial charge in [-0.15, -0.1) is 0 Å². The number of aliphatic hydroxyl groups excluding tert-OH is 1. The molecule has 0 unspecified atom stereocenters. The first-order valence-corrected chi connectivity index (χ1v) is 7.12. The lowest BCUT2D eigenvalue weighted by Gasteiger charge is -2.30. The van der Waals surface area contributed by atoms with Crippen LogP contribution < -0.4 is 0 Å². The Morgan fingerprint density at radius 2 is 1.33 bits per heavy atom. The topological polar surface area (TPSA) is 108 Å². The van der Waals surface area contributed by atoms with E-state index < -0.39 is 35.4 Å². The second kappa shape index (κ2) is 5.70. The number of cyclic esters (lactones) is 3. The molecule has 1 saturated heterocycles. The molecule has 2 heterocycles. The van der Waals surface area contributed by atoms with E-state index in [1.54, 1.807) is 0 Å².